The van der Waals surface area contributed by atoms with Gasteiger partial charge in [0.05, 0.1) is 11.1 Å². The topological polar surface area (TPSA) is 81.6 Å². The van der Waals surface area contributed by atoms with E-state index in [9.17, 15) is 9.90 Å². The van der Waals surface area contributed by atoms with E-state index < -0.39 is 0 Å². The number of para-hydroxylation sites is 1. The lowest BCUT2D eigenvalue weighted by molar-refractivity contribution is 0.0955. The average Bonchev–Trinajstić information content (AvgIpc) is 2.90. The van der Waals surface area contributed by atoms with Crippen LogP contribution in [0.2, 0.25) is 0 Å². The van der Waals surface area contributed by atoms with Crippen molar-refractivity contribution in [3.05, 3.63) is 90.1 Å². The van der Waals surface area contributed by atoms with Gasteiger partial charge >= 0.3 is 0 Å². The first-order valence-corrected chi connectivity index (χ1v) is 11.5. The van der Waals surface area contributed by atoms with Crippen LogP contribution >= 0.6 is 0 Å². The molecule has 5 rings (SSSR count). The van der Waals surface area contributed by atoms with E-state index >= 15 is 0 Å². The van der Waals surface area contributed by atoms with Crippen molar-refractivity contribution < 1.29 is 9.90 Å². The van der Waals surface area contributed by atoms with Crippen LogP contribution in [0, 0.1) is 0 Å². The Kier molecular flexibility index (Phi) is 6.25. The van der Waals surface area contributed by atoms with Crippen molar-refractivity contribution in [3.8, 4) is 5.75 Å². The molecule has 7 heteroatoms. The van der Waals surface area contributed by atoms with Gasteiger partial charge in [-0.3, -0.25) is 4.79 Å². The Labute approximate surface area is 198 Å². The van der Waals surface area contributed by atoms with Gasteiger partial charge in [0.15, 0.2) is 0 Å². The summed E-state index contributed by atoms with van der Waals surface area (Å²) in [7, 11) is 0. The van der Waals surface area contributed by atoms with Gasteiger partial charge in [-0.25, -0.2) is 9.97 Å². The van der Waals surface area contributed by atoms with Gasteiger partial charge in [-0.15, -0.1) is 0 Å². The molecule has 1 aliphatic rings. The van der Waals surface area contributed by atoms with Crippen LogP contribution in [-0.4, -0.2) is 53.7 Å². The number of phenols is 1. The number of hydrogen-bond acceptors (Lipinski definition) is 6. The highest BCUT2D eigenvalue weighted by atomic mass is 16.3. The molecule has 3 heterocycles. The maximum absolute atomic E-state index is 13.2. The monoisotopic (exact) mass is 453 g/mol. The zero-order valence-corrected chi connectivity index (χ0v) is 18.9. The molecular weight excluding hydrogens is 426 g/mol. The van der Waals surface area contributed by atoms with E-state index in [-0.39, 0.29) is 11.7 Å². The SMILES string of the molecule is O=C(NCCc1ccc(O)cc1)c1cc(N2CCN(c3ccccn3)CC2)nc2ccccc12. The van der Waals surface area contributed by atoms with Crippen molar-refractivity contribution >= 4 is 28.4 Å². The maximum Gasteiger partial charge on any atom is 0.252 e. The van der Waals surface area contributed by atoms with Crippen LogP contribution in [0.5, 0.6) is 5.75 Å². The zero-order valence-electron chi connectivity index (χ0n) is 18.9. The van der Waals surface area contributed by atoms with Crippen molar-refractivity contribution in [2.45, 2.75) is 6.42 Å². The number of fused-ring (bicyclic) bond motifs is 1. The lowest BCUT2D eigenvalue weighted by atomic mass is 10.1. The van der Waals surface area contributed by atoms with Gasteiger partial charge in [-0.1, -0.05) is 36.4 Å². The molecule has 0 atom stereocenters. The lowest BCUT2D eigenvalue weighted by Gasteiger charge is -2.36. The van der Waals surface area contributed by atoms with Crippen LogP contribution in [0.25, 0.3) is 10.9 Å². The molecule has 2 aromatic carbocycles. The third-order valence-corrected chi connectivity index (χ3v) is 6.16. The minimum absolute atomic E-state index is 0.106. The first-order chi connectivity index (χ1) is 16.7. The van der Waals surface area contributed by atoms with Crippen LogP contribution in [0.3, 0.4) is 0 Å². The molecule has 2 aromatic heterocycles. The second kappa shape index (κ2) is 9.79. The predicted molar refractivity (Wildman–Crippen MR) is 135 cm³/mol. The smallest absolute Gasteiger partial charge is 0.252 e. The number of rotatable bonds is 6. The molecule has 0 saturated carbocycles. The van der Waals surface area contributed by atoms with Crippen molar-refractivity contribution in [1.82, 2.24) is 15.3 Å². The first-order valence-electron chi connectivity index (χ1n) is 11.5. The number of phenolic OH excluding ortho intramolecular Hbond substituents is 1. The molecule has 0 spiro atoms. The summed E-state index contributed by atoms with van der Waals surface area (Å²) in [6, 6.07) is 22.7. The lowest BCUT2D eigenvalue weighted by Crippen LogP contribution is -2.47. The summed E-state index contributed by atoms with van der Waals surface area (Å²) < 4.78 is 0. The van der Waals surface area contributed by atoms with Gasteiger partial charge in [0.1, 0.15) is 17.4 Å². The van der Waals surface area contributed by atoms with E-state index in [0.717, 1.165) is 54.3 Å². The fraction of sp³-hybridized carbons (Fsp3) is 0.222. The number of hydrogen-bond donors (Lipinski definition) is 2. The molecule has 4 aromatic rings. The second-order valence-electron chi connectivity index (χ2n) is 8.38. The van der Waals surface area contributed by atoms with E-state index in [2.05, 4.69) is 20.1 Å². The van der Waals surface area contributed by atoms with Crippen LogP contribution in [0.15, 0.2) is 79.0 Å². The van der Waals surface area contributed by atoms with Crippen LogP contribution in [0.1, 0.15) is 15.9 Å². The van der Waals surface area contributed by atoms with Gasteiger partial charge in [-0.2, -0.15) is 0 Å². The minimum atomic E-state index is -0.106. The van der Waals surface area contributed by atoms with Crippen LogP contribution in [0.4, 0.5) is 11.6 Å². The molecule has 34 heavy (non-hydrogen) atoms. The number of carbonyl (C=O) groups excluding carboxylic acids is 1. The fourth-order valence-electron chi connectivity index (χ4n) is 4.29. The molecule has 7 nitrogen and oxygen atoms in total. The molecule has 0 aliphatic carbocycles. The number of aromatic hydroxyl groups is 1. The highest BCUT2D eigenvalue weighted by Crippen LogP contribution is 2.25. The molecule has 172 valence electrons. The van der Waals surface area contributed by atoms with Crippen molar-refractivity contribution in [2.24, 2.45) is 0 Å². The Bertz CT molecular complexity index is 1270. The Morgan fingerprint density at radius 1 is 0.882 bits per heavy atom. The Morgan fingerprint density at radius 2 is 1.59 bits per heavy atom. The number of amides is 1. The molecule has 0 unspecified atom stereocenters. The summed E-state index contributed by atoms with van der Waals surface area (Å²) in [5.74, 6) is 1.94. The van der Waals surface area contributed by atoms with Gasteiger partial charge in [0, 0.05) is 44.3 Å². The third kappa shape index (κ3) is 4.78. The van der Waals surface area contributed by atoms with Crippen LogP contribution in [-0.2, 0) is 6.42 Å². The standard InChI is InChI=1S/C27H27N5O2/c33-21-10-8-20(9-11-21)12-14-29-27(34)23-19-26(30-24-6-2-1-5-22(23)24)32-17-15-31(16-18-32)25-7-3-4-13-28-25/h1-11,13,19,33H,12,14-18H2,(H,29,34). The highest BCUT2D eigenvalue weighted by molar-refractivity contribution is 6.07. The number of nitrogens with one attached hydrogen (secondary N) is 1. The van der Waals surface area contributed by atoms with Gasteiger partial charge in [0.25, 0.3) is 5.91 Å². The number of aromatic nitrogens is 2. The van der Waals surface area contributed by atoms with E-state index in [1.807, 2.05) is 66.9 Å². The van der Waals surface area contributed by atoms with E-state index in [1.54, 1.807) is 12.1 Å². The predicted octanol–water partition coefficient (Wildman–Crippen LogP) is 3.63. The van der Waals surface area contributed by atoms with Crippen LogP contribution < -0.4 is 15.1 Å². The Morgan fingerprint density at radius 3 is 2.32 bits per heavy atom. The molecule has 0 bridgehead atoms. The normalized spacial score (nSPS) is 13.8. The summed E-state index contributed by atoms with van der Waals surface area (Å²) in [6.07, 6.45) is 2.51. The summed E-state index contributed by atoms with van der Waals surface area (Å²) >= 11 is 0. The quantitative estimate of drug-likeness (QED) is 0.464. The number of piperazine rings is 1. The van der Waals surface area contributed by atoms with E-state index in [0.29, 0.717) is 18.5 Å². The average molecular weight is 454 g/mol. The molecular formula is C27H27N5O2. The molecule has 1 amide bonds. The first kappa shape index (κ1) is 21.7. The zero-order chi connectivity index (χ0) is 23.3. The minimum Gasteiger partial charge on any atom is -0.508 e. The summed E-state index contributed by atoms with van der Waals surface area (Å²) in [5, 5.41) is 13.3. The Balaban J connectivity index is 1.31. The molecule has 2 N–H and O–H groups in total. The van der Waals surface area contributed by atoms with Crippen molar-refractivity contribution in [2.75, 3.05) is 42.5 Å². The van der Waals surface area contributed by atoms with Gasteiger partial charge in [0.2, 0.25) is 0 Å². The van der Waals surface area contributed by atoms with E-state index in [1.165, 1.54) is 0 Å². The summed E-state index contributed by atoms with van der Waals surface area (Å²) in [5.41, 5.74) is 2.51. The number of anilines is 2. The Hall–Kier alpha value is -4.13. The number of benzene rings is 2. The fourth-order valence-corrected chi connectivity index (χ4v) is 4.29. The maximum atomic E-state index is 13.2. The molecule has 0 radical (unpaired) electrons. The third-order valence-electron chi connectivity index (χ3n) is 6.16. The van der Waals surface area contributed by atoms with Gasteiger partial charge in [-0.05, 0) is 48.4 Å². The summed E-state index contributed by atoms with van der Waals surface area (Å²) in [4.78, 5) is 27.0. The van der Waals surface area contributed by atoms with E-state index in [4.69, 9.17) is 4.98 Å². The molecule has 1 saturated heterocycles. The largest absolute Gasteiger partial charge is 0.508 e. The summed E-state index contributed by atoms with van der Waals surface area (Å²) in [6.45, 7) is 3.82. The number of nitrogens with zero attached hydrogens (tertiary/aromatic N) is 4. The van der Waals surface area contributed by atoms with Crippen molar-refractivity contribution in [1.29, 1.82) is 0 Å². The molecule has 1 aliphatic heterocycles. The number of carbonyl (C=O) groups is 1. The molecule has 1 fully saturated rings. The van der Waals surface area contributed by atoms with Crippen molar-refractivity contribution in [3.63, 3.8) is 0 Å². The van der Waals surface area contributed by atoms with Gasteiger partial charge < -0.3 is 20.2 Å². The second-order valence-corrected chi connectivity index (χ2v) is 8.38. The highest BCUT2D eigenvalue weighted by Gasteiger charge is 2.21. The number of pyridine rings is 2.